The summed E-state index contributed by atoms with van der Waals surface area (Å²) in [6.07, 6.45) is 1.57. The van der Waals surface area contributed by atoms with E-state index in [1.165, 1.54) is 0 Å². The van der Waals surface area contributed by atoms with Crippen LogP contribution in [0, 0.1) is 6.92 Å². The van der Waals surface area contributed by atoms with Crippen molar-refractivity contribution < 1.29 is 9.53 Å². The van der Waals surface area contributed by atoms with Crippen molar-refractivity contribution in [3.05, 3.63) is 23.8 Å². The molecule has 2 heterocycles. The fourth-order valence-corrected chi connectivity index (χ4v) is 1.59. The number of carbonyl (C=O) groups is 1. The summed E-state index contributed by atoms with van der Waals surface area (Å²) >= 11 is 0. The van der Waals surface area contributed by atoms with Crippen LogP contribution in [0.15, 0.2) is 12.4 Å². The molecular weight excluding hydrogens is 220 g/mol. The average molecular weight is 234 g/mol. The Bertz CT molecular complexity index is 562. The van der Waals surface area contributed by atoms with Gasteiger partial charge in [-0.1, -0.05) is 0 Å². The van der Waals surface area contributed by atoms with Crippen LogP contribution in [0.5, 0.6) is 0 Å². The van der Waals surface area contributed by atoms with Gasteiger partial charge in [-0.25, -0.2) is 14.8 Å². The topological polar surface area (TPSA) is 68.5 Å². The second-order valence-corrected chi connectivity index (χ2v) is 3.54. The minimum atomic E-state index is -0.449. The first kappa shape index (κ1) is 11.4. The van der Waals surface area contributed by atoms with Crippen molar-refractivity contribution in [3.63, 3.8) is 0 Å². The van der Waals surface area contributed by atoms with Gasteiger partial charge in [-0.2, -0.15) is 0 Å². The first-order valence-electron chi connectivity index (χ1n) is 5.37. The molecule has 2 aromatic heterocycles. The highest BCUT2D eigenvalue weighted by molar-refractivity contribution is 5.94. The Morgan fingerprint density at radius 2 is 2.35 bits per heavy atom. The third kappa shape index (κ3) is 1.93. The fraction of sp³-hybridized carbons (Fsp3) is 0.364. The second kappa shape index (κ2) is 4.40. The molecule has 0 radical (unpaired) electrons. The van der Waals surface area contributed by atoms with Crippen LogP contribution in [0.25, 0.3) is 5.65 Å². The first-order chi connectivity index (χ1) is 8.17. The predicted molar refractivity (Wildman–Crippen MR) is 63.2 cm³/mol. The molecule has 6 nitrogen and oxygen atoms in total. The Morgan fingerprint density at radius 1 is 1.59 bits per heavy atom. The number of hydrogen-bond donors (Lipinski definition) is 1. The van der Waals surface area contributed by atoms with Crippen LogP contribution < -0.4 is 5.32 Å². The van der Waals surface area contributed by atoms with Gasteiger partial charge in [-0.15, -0.1) is 0 Å². The summed E-state index contributed by atoms with van der Waals surface area (Å²) in [6, 6.07) is 1.88. The maximum Gasteiger partial charge on any atom is 0.360 e. The number of ether oxygens (including phenoxy) is 1. The molecule has 0 spiro atoms. The van der Waals surface area contributed by atoms with E-state index >= 15 is 0 Å². The molecule has 0 aliphatic carbocycles. The first-order valence-corrected chi connectivity index (χ1v) is 5.37. The summed E-state index contributed by atoms with van der Waals surface area (Å²) in [5, 5.41) is 2.94. The minimum absolute atomic E-state index is 0.243. The number of imidazole rings is 1. The number of esters is 1. The molecule has 0 unspecified atom stereocenters. The lowest BCUT2D eigenvalue weighted by Crippen LogP contribution is -2.07. The van der Waals surface area contributed by atoms with Crippen LogP contribution in [0.3, 0.4) is 0 Å². The molecule has 90 valence electrons. The van der Waals surface area contributed by atoms with E-state index < -0.39 is 5.97 Å². The highest BCUT2D eigenvalue weighted by Gasteiger charge is 2.17. The molecule has 17 heavy (non-hydrogen) atoms. The zero-order valence-electron chi connectivity index (χ0n) is 10.0. The zero-order valence-corrected chi connectivity index (χ0v) is 10.0. The van der Waals surface area contributed by atoms with E-state index in [1.807, 2.05) is 13.0 Å². The third-order valence-electron chi connectivity index (χ3n) is 2.42. The summed E-state index contributed by atoms with van der Waals surface area (Å²) < 4.78 is 6.69. The van der Waals surface area contributed by atoms with Crippen LogP contribution in [0.4, 0.5) is 5.82 Å². The summed E-state index contributed by atoms with van der Waals surface area (Å²) in [5.74, 6) is 0.246. The Balaban J connectivity index is 2.58. The van der Waals surface area contributed by atoms with Crippen LogP contribution in [-0.4, -0.2) is 34.0 Å². The van der Waals surface area contributed by atoms with Gasteiger partial charge in [0.1, 0.15) is 12.1 Å². The highest BCUT2D eigenvalue weighted by atomic mass is 16.5. The quantitative estimate of drug-likeness (QED) is 0.809. The van der Waals surface area contributed by atoms with E-state index in [0.29, 0.717) is 18.1 Å². The van der Waals surface area contributed by atoms with Crippen LogP contribution in [-0.2, 0) is 4.74 Å². The Hall–Kier alpha value is -2.11. The van der Waals surface area contributed by atoms with E-state index in [0.717, 1.165) is 5.69 Å². The average Bonchev–Trinajstić information content (AvgIpc) is 2.73. The Labute approximate surface area is 98.6 Å². The van der Waals surface area contributed by atoms with Gasteiger partial charge >= 0.3 is 5.97 Å². The number of aromatic nitrogens is 3. The van der Waals surface area contributed by atoms with Gasteiger partial charge < -0.3 is 10.1 Å². The van der Waals surface area contributed by atoms with Gasteiger partial charge in [-0.3, -0.25) is 4.40 Å². The van der Waals surface area contributed by atoms with E-state index in [2.05, 4.69) is 15.3 Å². The molecule has 0 fully saturated rings. The number of rotatable bonds is 3. The van der Waals surface area contributed by atoms with Crippen molar-refractivity contribution in [3.8, 4) is 0 Å². The smallest absolute Gasteiger partial charge is 0.360 e. The minimum Gasteiger partial charge on any atom is -0.461 e. The molecule has 6 heteroatoms. The lowest BCUT2D eigenvalue weighted by atomic mass is 10.4. The lowest BCUT2D eigenvalue weighted by molar-refractivity contribution is 0.0522. The number of hydrogen-bond acceptors (Lipinski definition) is 5. The van der Waals surface area contributed by atoms with E-state index in [-0.39, 0.29) is 5.69 Å². The van der Waals surface area contributed by atoms with Crippen molar-refractivity contribution >= 4 is 17.4 Å². The second-order valence-electron chi connectivity index (χ2n) is 3.54. The number of nitrogens with zero attached hydrogens (tertiary/aromatic N) is 3. The number of carbonyl (C=O) groups excluding carboxylic acids is 1. The standard InChI is InChI=1S/C11H14N4O2/c1-4-17-11(16)9-10-14-8(12-3)5-7(2)15(10)6-13-9/h5-6H,4H2,1-3H3,(H,12,14). The molecule has 0 aliphatic rings. The van der Waals surface area contributed by atoms with E-state index in [4.69, 9.17) is 4.74 Å². The van der Waals surface area contributed by atoms with Gasteiger partial charge in [0.2, 0.25) is 0 Å². The van der Waals surface area contributed by atoms with Crippen molar-refractivity contribution in [2.75, 3.05) is 19.0 Å². The molecule has 2 rings (SSSR count). The fourth-order valence-electron chi connectivity index (χ4n) is 1.59. The number of aryl methyl sites for hydroxylation is 1. The van der Waals surface area contributed by atoms with Crippen LogP contribution in [0.2, 0.25) is 0 Å². The van der Waals surface area contributed by atoms with Crippen molar-refractivity contribution in [2.24, 2.45) is 0 Å². The van der Waals surface area contributed by atoms with Crippen molar-refractivity contribution in [1.29, 1.82) is 0 Å². The van der Waals surface area contributed by atoms with E-state index in [9.17, 15) is 4.79 Å². The van der Waals surface area contributed by atoms with Gasteiger partial charge in [0, 0.05) is 18.8 Å². The number of anilines is 1. The van der Waals surface area contributed by atoms with Crippen molar-refractivity contribution in [2.45, 2.75) is 13.8 Å². The Morgan fingerprint density at radius 3 is 3.00 bits per heavy atom. The molecule has 0 amide bonds. The lowest BCUT2D eigenvalue weighted by Gasteiger charge is -2.04. The molecule has 0 bridgehead atoms. The zero-order chi connectivity index (χ0) is 12.4. The molecule has 0 aromatic carbocycles. The largest absolute Gasteiger partial charge is 0.461 e. The summed E-state index contributed by atoms with van der Waals surface area (Å²) in [7, 11) is 1.78. The van der Waals surface area contributed by atoms with Gasteiger partial charge in [0.15, 0.2) is 11.3 Å². The van der Waals surface area contributed by atoms with Gasteiger partial charge in [-0.05, 0) is 13.8 Å². The molecule has 0 saturated carbocycles. The molecule has 0 atom stereocenters. The van der Waals surface area contributed by atoms with Gasteiger partial charge in [0.05, 0.1) is 6.61 Å². The normalized spacial score (nSPS) is 10.5. The van der Waals surface area contributed by atoms with Crippen molar-refractivity contribution in [1.82, 2.24) is 14.4 Å². The summed E-state index contributed by atoms with van der Waals surface area (Å²) in [6.45, 7) is 4.00. The Kier molecular flexibility index (Phi) is 2.95. The van der Waals surface area contributed by atoms with Crippen LogP contribution >= 0.6 is 0 Å². The molecule has 1 N–H and O–H groups in total. The SMILES string of the molecule is CCOC(=O)c1ncn2c(C)cc(NC)nc12. The highest BCUT2D eigenvalue weighted by Crippen LogP contribution is 2.14. The molecular formula is C11H14N4O2. The predicted octanol–water partition coefficient (Wildman–Crippen LogP) is 1.26. The molecule has 0 aliphatic heterocycles. The maximum atomic E-state index is 11.7. The summed E-state index contributed by atoms with van der Waals surface area (Å²) in [4.78, 5) is 20.0. The number of fused-ring (bicyclic) bond motifs is 1. The monoisotopic (exact) mass is 234 g/mol. The van der Waals surface area contributed by atoms with Crippen LogP contribution in [0.1, 0.15) is 23.1 Å². The van der Waals surface area contributed by atoms with E-state index in [1.54, 1.807) is 24.7 Å². The molecule has 0 saturated heterocycles. The summed E-state index contributed by atoms with van der Waals surface area (Å²) in [5.41, 5.74) is 1.70. The molecule has 2 aromatic rings. The number of nitrogens with one attached hydrogen (secondary N) is 1. The van der Waals surface area contributed by atoms with Gasteiger partial charge in [0.25, 0.3) is 0 Å². The maximum absolute atomic E-state index is 11.7. The third-order valence-corrected chi connectivity index (χ3v) is 2.42.